The van der Waals surface area contributed by atoms with Crippen LogP contribution < -0.4 is 16.7 Å². The van der Waals surface area contributed by atoms with Gasteiger partial charge in [0.2, 0.25) is 5.95 Å². The number of aromatic nitrogens is 4. The number of aromatic amines is 1. The summed E-state index contributed by atoms with van der Waals surface area (Å²) in [6.45, 7) is 4.26. The van der Waals surface area contributed by atoms with Crippen molar-refractivity contribution < 1.29 is 4.39 Å². The molecule has 0 saturated carbocycles. The van der Waals surface area contributed by atoms with Gasteiger partial charge >= 0.3 is 5.69 Å². The Morgan fingerprint density at radius 2 is 2.03 bits per heavy atom. The third kappa shape index (κ3) is 3.94. The highest BCUT2D eigenvalue weighted by Gasteiger charge is 2.18. The Hall–Kier alpha value is -3.72. The molecule has 0 fully saturated rings. The number of nitrogens with zero attached hydrogens (tertiary/aromatic N) is 4. The molecule has 0 amide bonds. The monoisotopic (exact) mass is 454 g/mol. The van der Waals surface area contributed by atoms with Crippen LogP contribution in [0, 0.1) is 19.7 Å². The zero-order chi connectivity index (χ0) is 23.0. The number of hydrogen-bond donors (Lipinski definition) is 2. The number of fused-ring (bicyclic) bond motifs is 1. The first-order valence-electron chi connectivity index (χ1n) is 9.75. The first-order chi connectivity index (χ1) is 15.3. The van der Waals surface area contributed by atoms with Gasteiger partial charge in [0.05, 0.1) is 17.8 Å². The highest BCUT2D eigenvalue weighted by Crippen LogP contribution is 2.21. The maximum atomic E-state index is 14.0. The van der Waals surface area contributed by atoms with Crippen molar-refractivity contribution in [2.45, 2.75) is 20.4 Å². The van der Waals surface area contributed by atoms with Gasteiger partial charge in [0.15, 0.2) is 11.2 Å². The van der Waals surface area contributed by atoms with Gasteiger partial charge in [-0.05, 0) is 37.1 Å². The molecule has 0 radical (unpaired) electrons. The number of anilines is 1. The van der Waals surface area contributed by atoms with Gasteiger partial charge < -0.3 is 0 Å². The molecule has 0 aliphatic rings. The quantitative estimate of drug-likeness (QED) is 0.357. The average molecular weight is 455 g/mol. The van der Waals surface area contributed by atoms with E-state index in [2.05, 4.69) is 20.5 Å². The molecule has 0 atom stereocenters. The van der Waals surface area contributed by atoms with E-state index in [1.807, 2.05) is 32.0 Å². The molecule has 0 saturated heterocycles. The van der Waals surface area contributed by atoms with Crippen LogP contribution in [0.5, 0.6) is 0 Å². The predicted octanol–water partition coefficient (Wildman–Crippen LogP) is 3.33. The Labute approximate surface area is 187 Å². The lowest BCUT2D eigenvalue weighted by molar-refractivity contribution is 0.626. The molecule has 4 rings (SSSR count). The minimum absolute atomic E-state index is 0.115. The summed E-state index contributed by atoms with van der Waals surface area (Å²) in [5.74, 6) is -0.304. The standard InChI is InChI=1S/C22H20ClFN6O2/c1-12-7-8-13(2)14(9-12)11-30-18-19(29(3)22(32)27-20(18)31)26-21(30)28-25-10-15-16(23)5-4-6-17(15)24/h4-10H,11H2,1-3H3,(H,26,28)(H,27,31,32)/b25-10-. The van der Waals surface area contributed by atoms with Gasteiger partial charge in [0.1, 0.15) is 5.82 Å². The maximum Gasteiger partial charge on any atom is 0.329 e. The molecule has 0 spiro atoms. The molecule has 4 aromatic rings. The molecule has 2 aromatic heterocycles. The summed E-state index contributed by atoms with van der Waals surface area (Å²) in [5.41, 5.74) is 5.23. The molecule has 164 valence electrons. The van der Waals surface area contributed by atoms with E-state index < -0.39 is 17.1 Å². The molecule has 0 unspecified atom stereocenters. The average Bonchev–Trinajstić information content (AvgIpc) is 3.10. The van der Waals surface area contributed by atoms with E-state index >= 15 is 0 Å². The van der Waals surface area contributed by atoms with Crippen LogP contribution in [0.4, 0.5) is 10.3 Å². The second-order valence-corrected chi connectivity index (χ2v) is 7.85. The molecule has 2 aromatic carbocycles. The molecule has 8 nitrogen and oxygen atoms in total. The Morgan fingerprint density at radius 3 is 2.78 bits per heavy atom. The van der Waals surface area contributed by atoms with Crippen LogP contribution >= 0.6 is 11.6 Å². The minimum Gasteiger partial charge on any atom is -0.298 e. The summed E-state index contributed by atoms with van der Waals surface area (Å²) in [6, 6.07) is 10.3. The lowest BCUT2D eigenvalue weighted by Gasteiger charge is -2.11. The Morgan fingerprint density at radius 1 is 1.25 bits per heavy atom. The number of benzene rings is 2. The summed E-state index contributed by atoms with van der Waals surface area (Å²) >= 11 is 6.04. The number of rotatable bonds is 5. The van der Waals surface area contributed by atoms with Crippen LogP contribution in [-0.4, -0.2) is 25.3 Å². The van der Waals surface area contributed by atoms with Crippen molar-refractivity contribution in [2.75, 3.05) is 5.43 Å². The third-order valence-electron chi connectivity index (χ3n) is 5.20. The molecule has 10 heteroatoms. The second kappa shape index (κ2) is 8.43. The van der Waals surface area contributed by atoms with Crippen LogP contribution in [0.15, 0.2) is 51.1 Å². The third-order valence-corrected chi connectivity index (χ3v) is 5.53. The number of aryl methyl sites for hydroxylation is 3. The van der Waals surface area contributed by atoms with Crippen molar-refractivity contribution >= 4 is 34.9 Å². The molecule has 0 bridgehead atoms. The smallest absolute Gasteiger partial charge is 0.298 e. The van der Waals surface area contributed by atoms with Crippen molar-refractivity contribution in [3.63, 3.8) is 0 Å². The fourth-order valence-corrected chi connectivity index (χ4v) is 3.62. The molecule has 32 heavy (non-hydrogen) atoms. The van der Waals surface area contributed by atoms with Crippen molar-refractivity contribution in [2.24, 2.45) is 12.1 Å². The lowest BCUT2D eigenvalue weighted by atomic mass is 10.1. The van der Waals surface area contributed by atoms with Gasteiger partial charge in [0.25, 0.3) is 5.56 Å². The lowest BCUT2D eigenvalue weighted by Crippen LogP contribution is -2.29. The van der Waals surface area contributed by atoms with Crippen molar-refractivity contribution in [1.29, 1.82) is 0 Å². The van der Waals surface area contributed by atoms with Crippen molar-refractivity contribution in [3.05, 3.63) is 90.3 Å². The van der Waals surface area contributed by atoms with E-state index in [4.69, 9.17) is 11.6 Å². The second-order valence-electron chi connectivity index (χ2n) is 7.45. The fraction of sp³-hybridized carbons (Fsp3) is 0.182. The van der Waals surface area contributed by atoms with E-state index in [1.54, 1.807) is 10.6 Å². The molecule has 0 aliphatic carbocycles. The zero-order valence-electron chi connectivity index (χ0n) is 17.6. The van der Waals surface area contributed by atoms with Gasteiger partial charge in [-0.2, -0.15) is 10.1 Å². The van der Waals surface area contributed by atoms with Crippen LogP contribution in [0.2, 0.25) is 5.02 Å². The Bertz CT molecular complexity index is 1460. The minimum atomic E-state index is -0.577. The number of halogens is 2. The first kappa shape index (κ1) is 21.5. The summed E-state index contributed by atoms with van der Waals surface area (Å²) < 4.78 is 16.9. The van der Waals surface area contributed by atoms with Gasteiger partial charge in [-0.25, -0.2) is 14.6 Å². The van der Waals surface area contributed by atoms with Crippen molar-refractivity contribution in [1.82, 2.24) is 19.1 Å². The molecule has 2 N–H and O–H groups in total. The summed E-state index contributed by atoms with van der Waals surface area (Å²) in [6.07, 6.45) is 1.24. The highest BCUT2D eigenvalue weighted by molar-refractivity contribution is 6.33. The fourth-order valence-electron chi connectivity index (χ4n) is 3.40. The number of H-pyrrole nitrogens is 1. The van der Waals surface area contributed by atoms with E-state index in [0.717, 1.165) is 16.7 Å². The van der Waals surface area contributed by atoms with Gasteiger partial charge in [-0.3, -0.25) is 18.9 Å². The highest BCUT2D eigenvalue weighted by atomic mass is 35.5. The summed E-state index contributed by atoms with van der Waals surface area (Å²) in [7, 11) is 1.52. The Balaban J connectivity index is 1.83. The van der Waals surface area contributed by atoms with Gasteiger partial charge in [0, 0.05) is 12.6 Å². The van der Waals surface area contributed by atoms with Crippen molar-refractivity contribution in [3.8, 4) is 0 Å². The van der Waals surface area contributed by atoms with Gasteiger partial charge in [-0.15, -0.1) is 0 Å². The number of nitrogens with one attached hydrogen (secondary N) is 2. The first-order valence-corrected chi connectivity index (χ1v) is 10.1. The molecule has 0 aliphatic heterocycles. The molecule has 2 heterocycles. The molecular weight excluding hydrogens is 435 g/mol. The number of hydrazone groups is 1. The summed E-state index contributed by atoms with van der Waals surface area (Å²) in [5, 5.41) is 4.28. The number of hydrogen-bond acceptors (Lipinski definition) is 5. The summed E-state index contributed by atoms with van der Waals surface area (Å²) in [4.78, 5) is 31.4. The van der Waals surface area contributed by atoms with E-state index in [0.29, 0.717) is 6.54 Å². The maximum absolute atomic E-state index is 14.0. The van der Waals surface area contributed by atoms with E-state index in [-0.39, 0.29) is 27.7 Å². The van der Waals surface area contributed by atoms with E-state index in [9.17, 15) is 14.0 Å². The normalized spacial score (nSPS) is 11.5. The Kier molecular flexibility index (Phi) is 5.67. The van der Waals surface area contributed by atoms with E-state index in [1.165, 1.54) is 30.0 Å². The zero-order valence-corrected chi connectivity index (χ0v) is 18.4. The van der Waals surface area contributed by atoms with Crippen LogP contribution in [0.25, 0.3) is 11.2 Å². The van der Waals surface area contributed by atoms with Crippen LogP contribution in [-0.2, 0) is 13.6 Å². The van der Waals surface area contributed by atoms with Crippen LogP contribution in [0.1, 0.15) is 22.3 Å². The SMILES string of the molecule is Cc1ccc(C)c(Cn2c(N/N=C\c3c(F)cccc3Cl)nc3c2c(=O)[nH]c(=O)n3C)c1. The predicted molar refractivity (Wildman–Crippen MR) is 123 cm³/mol. The largest absolute Gasteiger partial charge is 0.329 e. The van der Waals surface area contributed by atoms with Gasteiger partial charge in [-0.1, -0.05) is 41.4 Å². The van der Waals surface area contributed by atoms with Crippen LogP contribution in [0.3, 0.4) is 0 Å². The topological polar surface area (TPSA) is 97.1 Å². The molecular formula is C22H20ClFN6O2. The number of imidazole rings is 1.